The second-order valence-corrected chi connectivity index (χ2v) is 8.39. The Bertz CT molecular complexity index is 727. The zero-order chi connectivity index (χ0) is 17.8. The summed E-state index contributed by atoms with van der Waals surface area (Å²) < 4.78 is 1.80. The number of benzene rings is 1. The lowest BCUT2D eigenvalue weighted by Crippen LogP contribution is -2.47. The SMILES string of the molecule is O=C(Nc1cccc(-n2cccn2)c1)[C@H]1CCCN(C2CCSCC2)C1. The van der Waals surface area contributed by atoms with E-state index in [0.29, 0.717) is 6.04 Å². The fourth-order valence-electron chi connectivity index (χ4n) is 3.99. The van der Waals surface area contributed by atoms with Crippen LogP contribution in [0, 0.1) is 5.92 Å². The van der Waals surface area contributed by atoms with Gasteiger partial charge in [0.1, 0.15) is 0 Å². The van der Waals surface area contributed by atoms with Crippen LogP contribution in [0.1, 0.15) is 25.7 Å². The molecule has 0 unspecified atom stereocenters. The second kappa shape index (κ2) is 8.27. The fourth-order valence-corrected chi connectivity index (χ4v) is 5.08. The summed E-state index contributed by atoms with van der Waals surface area (Å²) in [6.45, 7) is 2.05. The van der Waals surface area contributed by atoms with E-state index in [0.717, 1.165) is 37.3 Å². The van der Waals surface area contributed by atoms with E-state index in [2.05, 4.69) is 27.1 Å². The summed E-state index contributed by atoms with van der Waals surface area (Å²) in [4.78, 5) is 15.4. The van der Waals surface area contributed by atoms with E-state index in [4.69, 9.17) is 0 Å². The number of carbonyl (C=O) groups is 1. The Kier molecular flexibility index (Phi) is 5.60. The predicted octanol–water partition coefficient (Wildman–Crippen LogP) is 3.42. The van der Waals surface area contributed by atoms with Gasteiger partial charge in [0.05, 0.1) is 11.6 Å². The number of rotatable bonds is 4. The van der Waals surface area contributed by atoms with E-state index in [1.54, 1.807) is 10.9 Å². The first-order chi connectivity index (χ1) is 12.8. The van der Waals surface area contributed by atoms with E-state index >= 15 is 0 Å². The van der Waals surface area contributed by atoms with Crippen molar-refractivity contribution >= 4 is 23.4 Å². The van der Waals surface area contributed by atoms with Crippen molar-refractivity contribution in [2.45, 2.75) is 31.7 Å². The lowest BCUT2D eigenvalue weighted by molar-refractivity contribution is -0.121. The summed E-state index contributed by atoms with van der Waals surface area (Å²) in [6, 6.07) is 10.4. The Balaban J connectivity index is 1.39. The molecule has 1 amide bonds. The number of carbonyl (C=O) groups excluding carboxylic acids is 1. The highest BCUT2D eigenvalue weighted by Crippen LogP contribution is 2.27. The van der Waals surface area contributed by atoms with Gasteiger partial charge < -0.3 is 5.32 Å². The number of nitrogens with one attached hydrogen (secondary N) is 1. The van der Waals surface area contributed by atoms with Gasteiger partial charge in [0.15, 0.2) is 0 Å². The molecule has 1 aromatic carbocycles. The molecule has 5 nitrogen and oxygen atoms in total. The maximum absolute atomic E-state index is 12.8. The number of anilines is 1. The normalized spacial score (nSPS) is 22.2. The molecule has 26 heavy (non-hydrogen) atoms. The van der Waals surface area contributed by atoms with Crippen molar-refractivity contribution in [1.82, 2.24) is 14.7 Å². The Morgan fingerprint density at radius 1 is 1.19 bits per heavy atom. The van der Waals surface area contributed by atoms with Crippen LogP contribution >= 0.6 is 11.8 Å². The van der Waals surface area contributed by atoms with E-state index in [-0.39, 0.29) is 11.8 Å². The van der Waals surface area contributed by atoms with Crippen molar-refractivity contribution in [1.29, 1.82) is 0 Å². The van der Waals surface area contributed by atoms with Gasteiger partial charge in [-0.05, 0) is 68.0 Å². The van der Waals surface area contributed by atoms with Crippen molar-refractivity contribution in [3.05, 3.63) is 42.7 Å². The molecule has 4 rings (SSSR count). The van der Waals surface area contributed by atoms with Crippen molar-refractivity contribution < 1.29 is 4.79 Å². The van der Waals surface area contributed by atoms with Crippen LogP contribution in [0.3, 0.4) is 0 Å². The van der Waals surface area contributed by atoms with E-state index in [9.17, 15) is 4.79 Å². The zero-order valence-electron chi connectivity index (χ0n) is 15.0. The molecule has 3 heterocycles. The van der Waals surface area contributed by atoms with Gasteiger partial charge in [-0.3, -0.25) is 9.69 Å². The van der Waals surface area contributed by atoms with Crippen molar-refractivity contribution in [3.63, 3.8) is 0 Å². The monoisotopic (exact) mass is 370 g/mol. The maximum Gasteiger partial charge on any atom is 0.228 e. The summed E-state index contributed by atoms with van der Waals surface area (Å²) >= 11 is 2.06. The minimum atomic E-state index is 0.0895. The highest BCUT2D eigenvalue weighted by atomic mass is 32.2. The van der Waals surface area contributed by atoms with Crippen molar-refractivity contribution in [2.24, 2.45) is 5.92 Å². The molecule has 0 radical (unpaired) electrons. The molecule has 1 N–H and O–H groups in total. The summed E-state index contributed by atoms with van der Waals surface area (Å²) in [5, 5.41) is 7.38. The van der Waals surface area contributed by atoms with Gasteiger partial charge in [-0.15, -0.1) is 0 Å². The molecule has 0 aliphatic carbocycles. The smallest absolute Gasteiger partial charge is 0.228 e. The van der Waals surface area contributed by atoms with E-state index in [1.165, 1.54) is 24.3 Å². The summed E-state index contributed by atoms with van der Waals surface area (Å²) in [5.41, 5.74) is 1.80. The Morgan fingerprint density at radius 3 is 2.88 bits per heavy atom. The fraction of sp³-hybridized carbons (Fsp3) is 0.500. The Hall–Kier alpha value is -1.79. The topological polar surface area (TPSA) is 50.2 Å². The Labute approximate surface area is 159 Å². The quantitative estimate of drug-likeness (QED) is 0.896. The van der Waals surface area contributed by atoms with Crippen LogP contribution in [0.15, 0.2) is 42.7 Å². The number of likely N-dealkylation sites (tertiary alicyclic amines) is 1. The van der Waals surface area contributed by atoms with Crippen LogP contribution < -0.4 is 5.32 Å². The molecule has 2 aliphatic heterocycles. The van der Waals surface area contributed by atoms with Crippen LogP contribution in [0.25, 0.3) is 5.69 Å². The number of amides is 1. The number of nitrogens with zero attached hydrogens (tertiary/aromatic N) is 3. The summed E-state index contributed by atoms with van der Waals surface area (Å²) in [7, 11) is 0. The second-order valence-electron chi connectivity index (χ2n) is 7.17. The van der Waals surface area contributed by atoms with Gasteiger partial charge in [0, 0.05) is 30.7 Å². The van der Waals surface area contributed by atoms with Gasteiger partial charge >= 0.3 is 0 Å². The molecule has 138 valence electrons. The van der Waals surface area contributed by atoms with Gasteiger partial charge in [-0.1, -0.05) is 6.07 Å². The third-order valence-electron chi connectivity index (χ3n) is 5.41. The first-order valence-corrected chi connectivity index (χ1v) is 10.7. The zero-order valence-corrected chi connectivity index (χ0v) is 15.8. The maximum atomic E-state index is 12.8. The van der Waals surface area contributed by atoms with Gasteiger partial charge in [-0.25, -0.2) is 4.68 Å². The molecule has 0 saturated carbocycles. The molecule has 0 spiro atoms. The standard InChI is InChI=1S/C20H26N4OS/c25-20(16-4-2-10-23(15-16)18-7-12-26-13-8-18)22-17-5-1-6-19(14-17)24-11-3-9-21-24/h1,3,5-6,9,11,14,16,18H,2,4,7-8,10,12-13,15H2,(H,22,25)/t16-/m0/s1. The number of aromatic nitrogens is 2. The highest BCUT2D eigenvalue weighted by Gasteiger charge is 2.30. The van der Waals surface area contributed by atoms with Crippen LogP contribution in [-0.2, 0) is 4.79 Å². The molecule has 2 saturated heterocycles. The van der Waals surface area contributed by atoms with Crippen LogP contribution in [0.2, 0.25) is 0 Å². The first-order valence-electron chi connectivity index (χ1n) is 9.52. The number of hydrogen-bond acceptors (Lipinski definition) is 4. The van der Waals surface area contributed by atoms with E-state index < -0.39 is 0 Å². The minimum absolute atomic E-state index is 0.0895. The van der Waals surface area contributed by atoms with Gasteiger partial charge in [0.2, 0.25) is 5.91 Å². The Morgan fingerprint density at radius 2 is 2.08 bits per heavy atom. The minimum Gasteiger partial charge on any atom is -0.326 e. The molecule has 1 aromatic heterocycles. The largest absolute Gasteiger partial charge is 0.326 e. The van der Waals surface area contributed by atoms with Gasteiger partial charge in [-0.2, -0.15) is 16.9 Å². The summed E-state index contributed by atoms with van der Waals surface area (Å²) in [5.74, 6) is 2.76. The van der Waals surface area contributed by atoms with Crippen LogP contribution in [-0.4, -0.2) is 51.2 Å². The molecule has 0 bridgehead atoms. The van der Waals surface area contributed by atoms with Crippen molar-refractivity contribution in [2.75, 3.05) is 29.9 Å². The molecule has 1 atom stereocenters. The van der Waals surface area contributed by atoms with Crippen LogP contribution in [0.5, 0.6) is 0 Å². The number of thioether (sulfide) groups is 1. The first kappa shape index (κ1) is 17.6. The van der Waals surface area contributed by atoms with Gasteiger partial charge in [0.25, 0.3) is 0 Å². The van der Waals surface area contributed by atoms with Crippen LogP contribution in [0.4, 0.5) is 5.69 Å². The number of piperidine rings is 1. The molecule has 6 heteroatoms. The summed E-state index contributed by atoms with van der Waals surface area (Å²) in [6.07, 6.45) is 8.31. The number of hydrogen-bond donors (Lipinski definition) is 1. The molecule has 2 fully saturated rings. The van der Waals surface area contributed by atoms with E-state index in [1.807, 2.05) is 36.5 Å². The lowest BCUT2D eigenvalue weighted by atomic mass is 9.94. The third-order valence-corrected chi connectivity index (χ3v) is 6.46. The average Bonchev–Trinajstić information content (AvgIpc) is 3.24. The van der Waals surface area contributed by atoms with Crippen molar-refractivity contribution in [3.8, 4) is 5.69 Å². The predicted molar refractivity (Wildman–Crippen MR) is 107 cm³/mol. The third kappa shape index (κ3) is 4.13. The molecule has 2 aromatic rings. The molecular weight excluding hydrogens is 344 g/mol. The highest BCUT2D eigenvalue weighted by molar-refractivity contribution is 7.99. The molecular formula is C20H26N4OS. The lowest BCUT2D eigenvalue weighted by Gasteiger charge is -2.39. The average molecular weight is 371 g/mol. The molecule has 2 aliphatic rings.